The summed E-state index contributed by atoms with van der Waals surface area (Å²) in [6, 6.07) is 6.77. The van der Waals surface area contributed by atoms with Gasteiger partial charge in [-0.3, -0.25) is 14.4 Å². The highest BCUT2D eigenvalue weighted by Crippen LogP contribution is 2.35. The molecule has 106 valence electrons. The second-order valence-electron chi connectivity index (χ2n) is 5.79. The van der Waals surface area contributed by atoms with Crippen molar-refractivity contribution in [2.24, 2.45) is 5.41 Å². The van der Waals surface area contributed by atoms with Crippen LogP contribution in [0.1, 0.15) is 49.8 Å². The molecule has 0 fully saturated rings. The number of carbonyl (C=O) groups is 3. The zero-order chi connectivity index (χ0) is 15.1. The first-order valence-corrected chi connectivity index (χ1v) is 6.37. The van der Waals surface area contributed by atoms with Crippen LogP contribution in [-0.2, 0) is 14.3 Å². The van der Waals surface area contributed by atoms with Gasteiger partial charge in [0.25, 0.3) is 5.91 Å². The van der Waals surface area contributed by atoms with Gasteiger partial charge in [-0.1, -0.05) is 18.2 Å². The summed E-state index contributed by atoms with van der Waals surface area (Å²) < 4.78 is 5.39. The summed E-state index contributed by atoms with van der Waals surface area (Å²) in [5, 5.41) is 0. The van der Waals surface area contributed by atoms with Crippen LogP contribution in [-0.4, -0.2) is 22.7 Å². The molecule has 5 heteroatoms. The summed E-state index contributed by atoms with van der Waals surface area (Å²) in [6.45, 7) is 6.43. The Balaban J connectivity index is 2.41. The van der Waals surface area contributed by atoms with Crippen LogP contribution in [0, 0.1) is 5.41 Å². The fourth-order valence-electron chi connectivity index (χ4n) is 1.98. The quantitative estimate of drug-likeness (QED) is 0.738. The zero-order valence-electron chi connectivity index (χ0n) is 12.0. The molecule has 0 aliphatic carbocycles. The number of imide groups is 1. The fourth-order valence-corrected chi connectivity index (χ4v) is 1.98. The van der Waals surface area contributed by atoms with E-state index in [1.165, 1.54) is 6.92 Å². The van der Waals surface area contributed by atoms with Gasteiger partial charge in [-0.05, 0) is 26.8 Å². The SMILES string of the molecule is CC(=O)N1C(=O)c2ccccc2[C@H]1OC(=O)C(C)(C)C. The van der Waals surface area contributed by atoms with Crippen LogP contribution in [0.25, 0.3) is 0 Å². The Morgan fingerprint density at radius 3 is 2.35 bits per heavy atom. The summed E-state index contributed by atoms with van der Waals surface area (Å²) >= 11 is 0. The first-order valence-electron chi connectivity index (χ1n) is 6.37. The average molecular weight is 275 g/mol. The number of fused-ring (bicyclic) bond motifs is 1. The van der Waals surface area contributed by atoms with Gasteiger partial charge in [-0.2, -0.15) is 0 Å². The maximum atomic E-state index is 12.2. The zero-order valence-corrected chi connectivity index (χ0v) is 12.0. The lowest BCUT2D eigenvalue weighted by Crippen LogP contribution is -2.36. The van der Waals surface area contributed by atoms with Crippen molar-refractivity contribution in [2.75, 3.05) is 0 Å². The molecule has 0 aromatic heterocycles. The van der Waals surface area contributed by atoms with E-state index in [0.717, 1.165) is 4.90 Å². The Morgan fingerprint density at radius 1 is 1.20 bits per heavy atom. The molecule has 0 radical (unpaired) electrons. The van der Waals surface area contributed by atoms with Crippen LogP contribution >= 0.6 is 0 Å². The molecule has 2 rings (SSSR count). The van der Waals surface area contributed by atoms with Crippen LogP contribution < -0.4 is 0 Å². The Hall–Kier alpha value is -2.17. The van der Waals surface area contributed by atoms with Crippen LogP contribution in [0.3, 0.4) is 0 Å². The third kappa shape index (κ3) is 2.31. The average Bonchev–Trinajstić information content (AvgIpc) is 2.62. The van der Waals surface area contributed by atoms with E-state index in [9.17, 15) is 14.4 Å². The maximum absolute atomic E-state index is 12.2. The topological polar surface area (TPSA) is 63.7 Å². The molecule has 1 aromatic carbocycles. The van der Waals surface area contributed by atoms with Crippen molar-refractivity contribution in [3.63, 3.8) is 0 Å². The highest BCUT2D eigenvalue weighted by Gasteiger charge is 2.42. The number of benzene rings is 1. The van der Waals surface area contributed by atoms with Crippen molar-refractivity contribution in [1.29, 1.82) is 0 Å². The molecule has 5 nitrogen and oxygen atoms in total. The molecule has 1 heterocycles. The molecular weight excluding hydrogens is 258 g/mol. The van der Waals surface area contributed by atoms with E-state index in [2.05, 4.69) is 0 Å². The summed E-state index contributed by atoms with van der Waals surface area (Å²) in [5.74, 6) is -1.34. The molecule has 0 bridgehead atoms. The summed E-state index contributed by atoms with van der Waals surface area (Å²) in [6.07, 6.45) is -0.970. The number of hydrogen-bond donors (Lipinski definition) is 0. The van der Waals surface area contributed by atoms with Crippen LogP contribution in [0.4, 0.5) is 0 Å². The number of rotatable bonds is 1. The first-order chi connectivity index (χ1) is 9.23. The highest BCUT2D eigenvalue weighted by molar-refractivity contribution is 6.08. The first kappa shape index (κ1) is 14.2. The maximum Gasteiger partial charge on any atom is 0.313 e. The van der Waals surface area contributed by atoms with E-state index in [1.807, 2.05) is 0 Å². The summed E-state index contributed by atoms with van der Waals surface area (Å²) in [4.78, 5) is 36.9. The van der Waals surface area contributed by atoms with Gasteiger partial charge in [-0.25, -0.2) is 4.90 Å². The molecule has 0 unspecified atom stereocenters. The van der Waals surface area contributed by atoms with Crippen molar-refractivity contribution in [3.8, 4) is 0 Å². The minimum absolute atomic E-state index is 0.398. The number of hydrogen-bond acceptors (Lipinski definition) is 4. The Labute approximate surface area is 117 Å². The van der Waals surface area contributed by atoms with Crippen LogP contribution in [0.15, 0.2) is 24.3 Å². The van der Waals surface area contributed by atoms with E-state index < -0.39 is 29.4 Å². The molecule has 20 heavy (non-hydrogen) atoms. The molecule has 1 aliphatic rings. The highest BCUT2D eigenvalue weighted by atomic mass is 16.6. The predicted molar refractivity (Wildman–Crippen MR) is 71.6 cm³/mol. The lowest BCUT2D eigenvalue weighted by atomic mass is 9.97. The monoisotopic (exact) mass is 275 g/mol. The largest absolute Gasteiger partial charge is 0.436 e. The molecule has 0 saturated carbocycles. The fraction of sp³-hybridized carbons (Fsp3) is 0.400. The molecule has 1 aliphatic heterocycles. The standard InChI is InChI=1S/C15H17NO4/c1-9(17)16-12(18)10-7-5-6-8-11(10)13(16)20-14(19)15(2,3)4/h5-8,13H,1-4H3/t13-/m1/s1. The minimum Gasteiger partial charge on any atom is -0.436 e. The molecule has 1 aromatic rings. The van der Waals surface area contributed by atoms with Gasteiger partial charge >= 0.3 is 5.97 Å². The predicted octanol–water partition coefficient (Wildman–Crippen LogP) is 2.28. The normalized spacial score (nSPS) is 17.9. The molecular formula is C15H17NO4. The molecule has 0 N–H and O–H groups in total. The van der Waals surface area contributed by atoms with Gasteiger partial charge in [0.1, 0.15) is 0 Å². The number of amides is 2. The van der Waals surface area contributed by atoms with E-state index in [1.54, 1.807) is 45.0 Å². The van der Waals surface area contributed by atoms with E-state index in [0.29, 0.717) is 11.1 Å². The van der Waals surface area contributed by atoms with E-state index >= 15 is 0 Å². The Bertz CT molecular complexity index is 586. The van der Waals surface area contributed by atoms with Crippen molar-refractivity contribution >= 4 is 17.8 Å². The van der Waals surface area contributed by atoms with E-state index in [-0.39, 0.29) is 0 Å². The van der Waals surface area contributed by atoms with Crippen molar-refractivity contribution < 1.29 is 19.1 Å². The minimum atomic E-state index is -0.970. The van der Waals surface area contributed by atoms with Gasteiger partial charge < -0.3 is 4.74 Å². The summed E-state index contributed by atoms with van der Waals surface area (Å²) in [5.41, 5.74) is 0.239. The molecule has 1 atom stereocenters. The van der Waals surface area contributed by atoms with Crippen LogP contribution in [0.5, 0.6) is 0 Å². The smallest absolute Gasteiger partial charge is 0.313 e. The second-order valence-corrected chi connectivity index (χ2v) is 5.79. The lowest BCUT2D eigenvalue weighted by Gasteiger charge is -2.25. The Morgan fingerprint density at radius 2 is 1.80 bits per heavy atom. The Kier molecular flexibility index (Phi) is 3.38. The van der Waals surface area contributed by atoms with Gasteiger partial charge in [0.15, 0.2) is 0 Å². The van der Waals surface area contributed by atoms with E-state index in [4.69, 9.17) is 4.74 Å². The van der Waals surface area contributed by atoms with Gasteiger partial charge in [0, 0.05) is 18.1 Å². The van der Waals surface area contributed by atoms with Crippen molar-refractivity contribution in [3.05, 3.63) is 35.4 Å². The van der Waals surface area contributed by atoms with Crippen LogP contribution in [0.2, 0.25) is 0 Å². The molecule has 0 spiro atoms. The van der Waals surface area contributed by atoms with Gasteiger partial charge in [-0.15, -0.1) is 0 Å². The number of esters is 1. The van der Waals surface area contributed by atoms with Crippen molar-refractivity contribution in [1.82, 2.24) is 4.90 Å². The third-order valence-electron chi connectivity index (χ3n) is 3.08. The number of ether oxygens (including phenoxy) is 1. The van der Waals surface area contributed by atoms with Gasteiger partial charge in [0.2, 0.25) is 12.1 Å². The number of nitrogens with zero attached hydrogens (tertiary/aromatic N) is 1. The number of carbonyl (C=O) groups excluding carboxylic acids is 3. The molecule has 2 amide bonds. The lowest BCUT2D eigenvalue weighted by molar-refractivity contribution is -0.168. The summed E-state index contributed by atoms with van der Waals surface area (Å²) in [7, 11) is 0. The van der Waals surface area contributed by atoms with Crippen molar-refractivity contribution in [2.45, 2.75) is 33.9 Å². The second kappa shape index (κ2) is 4.74. The third-order valence-corrected chi connectivity index (χ3v) is 3.08. The van der Waals surface area contributed by atoms with Gasteiger partial charge in [0.05, 0.1) is 5.41 Å². The molecule has 0 saturated heterocycles.